The number of nitrogens with zero attached hydrogens (tertiary/aromatic N) is 1. The molecular formula is C15H18N2O3. The molecule has 1 fully saturated rings. The largest absolute Gasteiger partial charge is 0.491 e. The lowest BCUT2D eigenvalue weighted by atomic mass is 10.1. The number of benzene rings is 1. The van der Waals surface area contributed by atoms with Gasteiger partial charge in [0.15, 0.2) is 0 Å². The Hall–Kier alpha value is -2.04. The van der Waals surface area contributed by atoms with Crippen molar-refractivity contribution in [1.29, 1.82) is 0 Å². The van der Waals surface area contributed by atoms with Crippen LogP contribution in [0, 0.1) is 0 Å². The standard InChI is InChI=1S/C15H18N2O3/c1-17-12-8-10(9-14(18)16-11-3-4-11)2-5-13(12)20-7-6-15(17)19/h2,5,8,11H,3-4,6-7,9H2,1H3,(H,16,18). The van der Waals surface area contributed by atoms with E-state index in [2.05, 4.69) is 5.32 Å². The van der Waals surface area contributed by atoms with Gasteiger partial charge in [0, 0.05) is 13.1 Å². The Kier molecular flexibility index (Phi) is 3.34. The van der Waals surface area contributed by atoms with Crippen LogP contribution in [0.25, 0.3) is 0 Å². The summed E-state index contributed by atoms with van der Waals surface area (Å²) < 4.78 is 5.56. The Morgan fingerprint density at radius 3 is 3.00 bits per heavy atom. The average molecular weight is 274 g/mol. The van der Waals surface area contributed by atoms with Crippen LogP contribution in [0.2, 0.25) is 0 Å². The summed E-state index contributed by atoms with van der Waals surface area (Å²) in [7, 11) is 1.74. The van der Waals surface area contributed by atoms with Crippen LogP contribution in [0.3, 0.4) is 0 Å². The minimum absolute atomic E-state index is 0.0309. The molecule has 5 heteroatoms. The van der Waals surface area contributed by atoms with Crippen LogP contribution in [0.1, 0.15) is 24.8 Å². The van der Waals surface area contributed by atoms with E-state index in [4.69, 9.17) is 4.74 Å². The third kappa shape index (κ3) is 2.76. The highest BCUT2D eigenvalue weighted by atomic mass is 16.5. The van der Waals surface area contributed by atoms with E-state index in [1.165, 1.54) is 0 Å². The van der Waals surface area contributed by atoms with Gasteiger partial charge in [-0.3, -0.25) is 9.59 Å². The monoisotopic (exact) mass is 274 g/mol. The first-order valence-corrected chi connectivity index (χ1v) is 6.95. The minimum Gasteiger partial charge on any atom is -0.491 e. The molecule has 0 bridgehead atoms. The number of amides is 2. The molecule has 2 aliphatic rings. The van der Waals surface area contributed by atoms with Gasteiger partial charge in [0.2, 0.25) is 11.8 Å². The lowest BCUT2D eigenvalue weighted by Crippen LogP contribution is -2.27. The van der Waals surface area contributed by atoms with Crippen molar-refractivity contribution in [3.63, 3.8) is 0 Å². The Bertz CT molecular complexity index is 552. The van der Waals surface area contributed by atoms with Gasteiger partial charge in [-0.15, -0.1) is 0 Å². The van der Waals surface area contributed by atoms with Crippen molar-refractivity contribution in [3.8, 4) is 5.75 Å². The molecule has 5 nitrogen and oxygen atoms in total. The molecule has 3 rings (SSSR count). The zero-order valence-corrected chi connectivity index (χ0v) is 11.5. The summed E-state index contributed by atoms with van der Waals surface area (Å²) in [5.41, 5.74) is 1.64. The van der Waals surface area contributed by atoms with Crippen LogP contribution >= 0.6 is 0 Å². The van der Waals surface area contributed by atoms with Gasteiger partial charge < -0.3 is 15.0 Å². The van der Waals surface area contributed by atoms with Gasteiger partial charge in [-0.2, -0.15) is 0 Å². The maximum atomic E-state index is 11.8. The van der Waals surface area contributed by atoms with E-state index in [0.717, 1.165) is 24.1 Å². The van der Waals surface area contributed by atoms with Crippen molar-refractivity contribution in [2.45, 2.75) is 31.7 Å². The number of rotatable bonds is 3. The van der Waals surface area contributed by atoms with Crippen molar-refractivity contribution in [2.75, 3.05) is 18.6 Å². The predicted octanol–water partition coefficient (Wildman–Crippen LogP) is 1.25. The number of fused-ring (bicyclic) bond motifs is 1. The molecule has 1 aliphatic carbocycles. The summed E-state index contributed by atoms with van der Waals surface area (Å²) >= 11 is 0. The number of anilines is 1. The maximum absolute atomic E-state index is 11.8. The molecule has 20 heavy (non-hydrogen) atoms. The molecule has 0 unspecified atom stereocenters. The van der Waals surface area contributed by atoms with Gasteiger partial charge in [-0.25, -0.2) is 0 Å². The van der Waals surface area contributed by atoms with Crippen molar-refractivity contribution < 1.29 is 14.3 Å². The average Bonchev–Trinajstić information content (AvgIpc) is 3.23. The number of ether oxygens (including phenoxy) is 1. The van der Waals surface area contributed by atoms with Gasteiger partial charge in [0.25, 0.3) is 0 Å². The Morgan fingerprint density at radius 1 is 1.45 bits per heavy atom. The fraction of sp³-hybridized carbons (Fsp3) is 0.467. The number of nitrogens with one attached hydrogen (secondary N) is 1. The molecule has 106 valence electrons. The SMILES string of the molecule is CN1C(=O)CCOc2ccc(CC(=O)NC3CC3)cc21. The molecule has 1 N–H and O–H groups in total. The summed E-state index contributed by atoms with van der Waals surface area (Å²) in [6.45, 7) is 0.400. The molecule has 0 spiro atoms. The molecule has 1 saturated carbocycles. The van der Waals surface area contributed by atoms with Crippen molar-refractivity contribution in [1.82, 2.24) is 5.32 Å². The van der Waals surface area contributed by atoms with E-state index >= 15 is 0 Å². The van der Waals surface area contributed by atoms with Crippen molar-refractivity contribution >= 4 is 17.5 Å². The quantitative estimate of drug-likeness (QED) is 0.902. The summed E-state index contributed by atoms with van der Waals surface area (Å²) in [5.74, 6) is 0.768. The maximum Gasteiger partial charge on any atom is 0.230 e. The van der Waals surface area contributed by atoms with Crippen LogP contribution in [0.4, 0.5) is 5.69 Å². The first-order chi connectivity index (χ1) is 9.63. The molecule has 0 saturated heterocycles. The highest BCUT2D eigenvalue weighted by molar-refractivity contribution is 5.95. The zero-order valence-electron chi connectivity index (χ0n) is 11.5. The Morgan fingerprint density at radius 2 is 2.25 bits per heavy atom. The first kappa shape index (κ1) is 13.0. The molecule has 0 atom stereocenters. The Labute approximate surface area is 117 Å². The van der Waals surface area contributed by atoms with Crippen LogP contribution in [-0.4, -0.2) is 31.5 Å². The van der Waals surface area contributed by atoms with E-state index in [1.807, 2.05) is 18.2 Å². The summed E-state index contributed by atoms with van der Waals surface area (Å²) in [6.07, 6.45) is 2.89. The molecule has 1 aliphatic heterocycles. The summed E-state index contributed by atoms with van der Waals surface area (Å²) in [5, 5.41) is 2.96. The van der Waals surface area contributed by atoms with Crippen LogP contribution in [-0.2, 0) is 16.0 Å². The molecule has 0 aromatic heterocycles. The number of hydrogen-bond acceptors (Lipinski definition) is 3. The van der Waals surface area contributed by atoms with E-state index in [1.54, 1.807) is 11.9 Å². The van der Waals surface area contributed by atoms with E-state index < -0.39 is 0 Å². The van der Waals surface area contributed by atoms with Gasteiger partial charge in [-0.05, 0) is 30.5 Å². The van der Waals surface area contributed by atoms with Crippen LogP contribution in [0.15, 0.2) is 18.2 Å². The fourth-order valence-corrected chi connectivity index (χ4v) is 2.30. The third-order valence-corrected chi connectivity index (χ3v) is 3.64. The normalized spacial score (nSPS) is 18.1. The number of carbonyl (C=O) groups excluding carboxylic acids is 2. The lowest BCUT2D eigenvalue weighted by Gasteiger charge is -2.17. The van der Waals surface area contributed by atoms with Gasteiger partial charge in [0.05, 0.1) is 25.1 Å². The molecular weight excluding hydrogens is 256 g/mol. The van der Waals surface area contributed by atoms with E-state index in [9.17, 15) is 9.59 Å². The molecule has 1 aromatic rings. The highest BCUT2D eigenvalue weighted by Crippen LogP contribution is 2.31. The fourth-order valence-electron chi connectivity index (χ4n) is 2.30. The second kappa shape index (κ2) is 5.15. The van der Waals surface area contributed by atoms with Crippen molar-refractivity contribution in [3.05, 3.63) is 23.8 Å². The van der Waals surface area contributed by atoms with Gasteiger partial charge >= 0.3 is 0 Å². The van der Waals surface area contributed by atoms with Gasteiger partial charge in [0.1, 0.15) is 5.75 Å². The van der Waals surface area contributed by atoms with Gasteiger partial charge in [-0.1, -0.05) is 6.07 Å². The van der Waals surface area contributed by atoms with Crippen LogP contribution in [0.5, 0.6) is 5.75 Å². The third-order valence-electron chi connectivity index (χ3n) is 3.64. The molecule has 1 aromatic carbocycles. The first-order valence-electron chi connectivity index (χ1n) is 6.95. The minimum atomic E-state index is 0.0309. The predicted molar refractivity (Wildman–Crippen MR) is 74.8 cm³/mol. The molecule has 0 radical (unpaired) electrons. The highest BCUT2D eigenvalue weighted by Gasteiger charge is 2.24. The summed E-state index contributed by atoms with van der Waals surface area (Å²) in [6, 6.07) is 5.96. The Balaban J connectivity index is 1.78. The second-order valence-corrected chi connectivity index (χ2v) is 5.37. The smallest absolute Gasteiger partial charge is 0.230 e. The number of hydrogen-bond donors (Lipinski definition) is 1. The zero-order chi connectivity index (χ0) is 14.1. The summed E-state index contributed by atoms with van der Waals surface area (Å²) in [4.78, 5) is 25.3. The van der Waals surface area contributed by atoms with Crippen LogP contribution < -0.4 is 15.0 Å². The van der Waals surface area contributed by atoms with E-state index in [-0.39, 0.29) is 11.8 Å². The second-order valence-electron chi connectivity index (χ2n) is 5.37. The van der Waals surface area contributed by atoms with E-state index in [0.29, 0.717) is 31.2 Å². The van der Waals surface area contributed by atoms with Crippen molar-refractivity contribution in [2.24, 2.45) is 0 Å². The molecule has 1 heterocycles. The lowest BCUT2D eigenvalue weighted by molar-refractivity contribution is -0.120. The topological polar surface area (TPSA) is 58.6 Å². The number of carbonyl (C=O) groups is 2. The molecule has 2 amide bonds.